The molecule has 1 aromatic carbocycles. The predicted octanol–water partition coefficient (Wildman–Crippen LogP) is 3.94. The maximum absolute atomic E-state index is 13.3. The van der Waals surface area contributed by atoms with Crippen molar-refractivity contribution in [1.29, 1.82) is 0 Å². The molecule has 0 saturated carbocycles. The molecule has 0 N–H and O–H groups in total. The summed E-state index contributed by atoms with van der Waals surface area (Å²) in [6.45, 7) is 14.2. The molecule has 0 aromatic heterocycles. The fraction of sp³-hybridized carbons (Fsp3) is 0.500. The maximum atomic E-state index is 13.3. The minimum atomic E-state index is -4.21. The molecular formula is C20H28N2O5S. The van der Waals surface area contributed by atoms with Crippen LogP contribution in [-0.4, -0.2) is 47.9 Å². The van der Waals surface area contributed by atoms with Crippen LogP contribution in [0.2, 0.25) is 0 Å². The van der Waals surface area contributed by atoms with Crippen molar-refractivity contribution in [2.45, 2.75) is 58.1 Å². The normalized spacial score (nSPS) is 20.1. The summed E-state index contributed by atoms with van der Waals surface area (Å²) in [7, 11) is -4.21. The number of ether oxygens (including phenoxy) is 1. The highest BCUT2D eigenvalue weighted by Crippen LogP contribution is 2.37. The molecule has 0 spiro atoms. The van der Waals surface area contributed by atoms with Gasteiger partial charge in [0, 0.05) is 12.0 Å². The summed E-state index contributed by atoms with van der Waals surface area (Å²) in [6, 6.07) is 4.43. The lowest BCUT2D eigenvalue weighted by atomic mass is 9.82. The smallest absolute Gasteiger partial charge is 0.418 e. The van der Waals surface area contributed by atoms with Crippen LogP contribution < -0.4 is 0 Å². The Morgan fingerprint density at radius 2 is 1.79 bits per heavy atom. The van der Waals surface area contributed by atoms with E-state index in [0.717, 1.165) is 14.8 Å². The fourth-order valence-electron chi connectivity index (χ4n) is 3.07. The Kier molecular flexibility index (Phi) is 5.67. The largest absolute Gasteiger partial charge is 0.443 e. The second-order valence-electron chi connectivity index (χ2n) is 8.63. The first-order chi connectivity index (χ1) is 12.7. The molecule has 154 valence electrons. The summed E-state index contributed by atoms with van der Waals surface area (Å²) >= 11 is 0. The molecule has 3 amide bonds. The number of urea groups is 1. The number of carbonyl (C=O) groups is 2. The Labute approximate surface area is 167 Å². The maximum Gasteiger partial charge on any atom is 0.418 e. The number of sulfonamides is 1. The highest BCUT2D eigenvalue weighted by Gasteiger charge is 2.51. The number of rotatable bonds is 3. The summed E-state index contributed by atoms with van der Waals surface area (Å²) in [4.78, 5) is 26.5. The molecule has 8 heteroatoms. The van der Waals surface area contributed by atoms with Crippen LogP contribution in [0.25, 0.3) is 0 Å². The molecule has 7 nitrogen and oxygen atoms in total. The van der Waals surface area contributed by atoms with Gasteiger partial charge in [-0.25, -0.2) is 27.2 Å². The summed E-state index contributed by atoms with van der Waals surface area (Å²) in [5.41, 5.74) is -0.693. The van der Waals surface area contributed by atoms with Gasteiger partial charge in [0.2, 0.25) is 0 Å². The van der Waals surface area contributed by atoms with E-state index >= 15 is 0 Å². The number of imide groups is 1. The molecule has 0 aliphatic carbocycles. The Morgan fingerprint density at radius 1 is 1.25 bits per heavy atom. The van der Waals surface area contributed by atoms with Crippen molar-refractivity contribution in [3.8, 4) is 0 Å². The molecule has 1 saturated heterocycles. The van der Waals surface area contributed by atoms with Crippen LogP contribution in [0, 0.1) is 12.3 Å². The molecule has 28 heavy (non-hydrogen) atoms. The number of hydrogen-bond acceptors (Lipinski definition) is 5. The topological polar surface area (TPSA) is 84.0 Å². The molecule has 0 unspecified atom stereocenters. The zero-order valence-corrected chi connectivity index (χ0v) is 18.0. The van der Waals surface area contributed by atoms with Crippen LogP contribution in [0.4, 0.5) is 9.59 Å². The molecule has 0 bridgehead atoms. The van der Waals surface area contributed by atoms with Crippen LogP contribution >= 0.6 is 0 Å². The number of nitrogens with zero attached hydrogens (tertiary/aromatic N) is 2. The van der Waals surface area contributed by atoms with Gasteiger partial charge < -0.3 is 4.74 Å². The SMILES string of the molecule is C=C[C@@H]1N(S(=O)(=O)c2ccc(C)cc2)C(=O)N(C(=O)OC(C)(C)C)CC1(C)C. The van der Waals surface area contributed by atoms with Crippen molar-refractivity contribution in [2.75, 3.05) is 6.54 Å². The van der Waals surface area contributed by atoms with Gasteiger partial charge in [-0.2, -0.15) is 0 Å². The van der Waals surface area contributed by atoms with E-state index in [9.17, 15) is 18.0 Å². The van der Waals surface area contributed by atoms with Crippen molar-refractivity contribution in [3.05, 3.63) is 42.5 Å². The lowest BCUT2D eigenvalue weighted by molar-refractivity contribution is 0.0109. The van der Waals surface area contributed by atoms with Gasteiger partial charge >= 0.3 is 12.1 Å². The van der Waals surface area contributed by atoms with E-state index in [-0.39, 0.29) is 11.4 Å². The number of hydrogen-bond donors (Lipinski definition) is 0. The lowest BCUT2D eigenvalue weighted by Crippen LogP contribution is -2.64. The highest BCUT2D eigenvalue weighted by atomic mass is 32.2. The summed E-state index contributed by atoms with van der Waals surface area (Å²) in [6.07, 6.45) is 0.549. The number of aryl methyl sites for hydroxylation is 1. The fourth-order valence-corrected chi connectivity index (χ4v) is 4.76. The zero-order valence-electron chi connectivity index (χ0n) is 17.2. The summed E-state index contributed by atoms with van der Waals surface area (Å²) in [5.74, 6) is 0. The van der Waals surface area contributed by atoms with Crippen LogP contribution in [-0.2, 0) is 14.8 Å². The molecular weight excluding hydrogens is 380 g/mol. The Balaban J connectivity index is 2.55. The van der Waals surface area contributed by atoms with Crippen LogP contribution in [0.15, 0.2) is 41.8 Å². The van der Waals surface area contributed by atoms with Crippen molar-refractivity contribution in [2.24, 2.45) is 5.41 Å². The summed E-state index contributed by atoms with van der Waals surface area (Å²) in [5, 5.41) is 0. The second-order valence-corrected chi connectivity index (χ2v) is 10.4. The molecule has 1 heterocycles. The van der Waals surface area contributed by atoms with Gasteiger partial charge in [-0.15, -0.1) is 6.58 Å². The molecule has 1 fully saturated rings. The van der Waals surface area contributed by atoms with Crippen LogP contribution in [0.3, 0.4) is 0 Å². The van der Waals surface area contributed by atoms with Gasteiger partial charge in [0.25, 0.3) is 10.0 Å². The number of carbonyl (C=O) groups excluding carboxylic acids is 2. The van der Waals surface area contributed by atoms with Gasteiger partial charge in [0.05, 0.1) is 10.9 Å². The molecule has 1 aliphatic heterocycles. The Morgan fingerprint density at radius 3 is 2.25 bits per heavy atom. The standard InChI is InChI=1S/C20H28N2O5S/c1-8-16-20(6,7)13-21(18(24)27-19(3,4)5)17(23)22(16)28(25,26)15-11-9-14(2)10-12-15/h8-12,16H,1,13H2,2-7H3/t16-/m0/s1. The molecule has 1 aromatic rings. The second kappa shape index (κ2) is 7.24. The Bertz CT molecular complexity index is 882. The van der Waals surface area contributed by atoms with Crippen molar-refractivity contribution >= 4 is 22.1 Å². The van der Waals surface area contributed by atoms with Gasteiger partial charge in [0.1, 0.15) is 5.60 Å². The zero-order chi connectivity index (χ0) is 21.5. The minimum Gasteiger partial charge on any atom is -0.443 e. The van der Waals surface area contributed by atoms with Crippen molar-refractivity contribution in [1.82, 2.24) is 9.21 Å². The monoisotopic (exact) mass is 408 g/mol. The molecule has 0 radical (unpaired) electrons. The number of benzene rings is 1. The van der Waals surface area contributed by atoms with Crippen molar-refractivity contribution in [3.63, 3.8) is 0 Å². The quantitative estimate of drug-likeness (QED) is 0.708. The lowest BCUT2D eigenvalue weighted by Gasteiger charge is -2.47. The van der Waals surface area contributed by atoms with E-state index in [4.69, 9.17) is 4.74 Å². The molecule has 1 atom stereocenters. The predicted molar refractivity (Wildman–Crippen MR) is 106 cm³/mol. The van der Waals surface area contributed by atoms with Gasteiger partial charge in [-0.1, -0.05) is 37.6 Å². The molecule has 2 rings (SSSR count). The average molecular weight is 409 g/mol. The van der Waals surface area contributed by atoms with E-state index in [1.165, 1.54) is 18.2 Å². The first-order valence-corrected chi connectivity index (χ1v) is 10.4. The van der Waals surface area contributed by atoms with E-state index in [2.05, 4.69) is 6.58 Å². The minimum absolute atomic E-state index is 0.0113. The third-order valence-electron chi connectivity index (χ3n) is 4.45. The third kappa shape index (κ3) is 4.22. The van der Waals surface area contributed by atoms with E-state index in [1.807, 2.05) is 6.92 Å². The first kappa shape index (κ1) is 21.9. The third-order valence-corrected chi connectivity index (χ3v) is 6.22. The number of amides is 3. The van der Waals surface area contributed by atoms with Gasteiger partial charge in [-0.3, -0.25) is 0 Å². The highest BCUT2D eigenvalue weighted by molar-refractivity contribution is 7.89. The Hall–Kier alpha value is -2.35. The van der Waals surface area contributed by atoms with E-state index in [0.29, 0.717) is 0 Å². The van der Waals surface area contributed by atoms with E-state index < -0.39 is 39.2 Å². The van der Waals surface area contributed by atoms with Crippen LogP contribution in [0.5, 0.6) is 0 Å². The van der Waals surface area contributed by atoms with E-state index in [1.54, 1.807) is 46.8 Å². The summed E-state index contributed by atoms with van der Waals surface area (Å²) < 4.78 is 32.6. The van der Waals surface area contributed by atoms with Gasteiger partial charge in [0.15, 0.2) is 0 Å². The first-order valence-electron chi connectivity index (χ1n) is 8.99. The van der Waals surface area contributed by atoms with Crippen LogP contribution in [0.1, 0.15) is 40.2 Å². The van der Waals surface area contributed by atoms with Crippen molar-refractivity contribution < 1.29 is 22.7 Å². The molecule has 1 aliphatic rings. The average Bonchev–Trinajstić information content (AvgIpc) is 2.54. The van der Waals surface area contributed by atoms with Gasteiger partial charge in [-0.05, 0) is 39.8 Å².